The van der Waals surface area contributed by atoms with Crippen LogP contribution in [-0.2, 0) is 0 Å². The molecule has 0 bridgehead atoms. The van der Waals surface area contributed by atoms with E-state index in [1.807, 2.05) is 48.5 Å². The predicted octanol–water partition coefficient (Wildman–Crippen LogP) is 11.5. The molecule has 0 amide bonds. The van der Waals surface area contributed by atoms with Gasteiger partial charge in [-0.15, -0.1) is 0 Å². The number of hydrogen-bond donors (Lipinski definition) is 0. The first-order valence-electron chi connectivity index (χ1n) is 13.9. The second-order valence-electron chi connectivity index (χ2n) is 11.0. The Bertz CT molecular complexity index is 1150. The fraction of sp³-hybridized carbons (Fsp3) is 0.333. The molecule has 0 heterocycles. The molecule has 0 aromatic heterocycles. The van der Waals surface area contributed by atoms with Crippen molar-refractivity contribution in [3.63, 3.8) is 0 Å². The Labute approximate surface area is 230 Å². The van der Waals surface area contributed by atoms with Crippen LogP contribution < -0.4 is 9.47 Å². The molecule has 200 valence electrons. The molecule has 4 rings (SSSR count). The Kier molecular flexibility index (Phi) is 10.6. The van der Waals surface area contributed by atoms with E-state index in [2.05, 4.69) is 104 Å². The van der Waals surface area contributed by atoms with Gasteiger partial charge in [-0.3, -0.25) is 0 Å². The minimum absolute atomic E-state index is 0.461. The van der Waals surface area contributed by atoms with Gasteiger partial charge in [-0.2, -0.15) is 0 Å². The van der Waals surface area contributed by atoms with Gasteiger partial charge < -0.3 is 9.47 Å². The lowest BCUT2D eigenvalue weighted by molar-refractivity contribution is 0.464. The molecule has 0 atom stereocenters. The van der Waals surface area contributed by atoms with Gasteiger partial charge in [0.05, 0.1) is 0 Å². The summed E-state index contributed by atoms with van der Waals surface area (Å²) >= 11 is 0. The fourth-order valence-electron chi connectivity index (χ4n) is 4.20. The topological polar surface area (TPSA) is 18.5 Å². The van der Waals surface area contributed by atoms with Crippen molar-refractivity contribution in [3.05, 3.63) is 119 Å². The molecule has 0 fully saturated rings. The van der Waals surface area contributed by atoms with E-state index in [-0.39, 0.29) is 0 Å². The molecule has 4 aromatic rings. The van der Waals surface area contributed by atoms with Gasteiger partial charge in [0.25, 0.3) is 0 Å². The lowest BCUT2D eigenvalue weighted by atomic mass is 10.0. The molecule has 4 aromatic carbocycles. The SMILES string of the molecule is CC(C)c1ccc(Oc2ccc(C(C)C)cc2)cc1.CC(C)c1ccccc1Oc1ccccc1C(C)C. The van der Waals surface area contributed by atoms with Gasteiger partial charge in [0.1, 0.15) is 23.0 Å². The van der Waals surface area contributed by atoms with Crippen LogP contribution in [0.25, 0.3) is 0 Å². The highest BCUT2D eigenvalue weighted by molar-refractivity contribution is 5.43. The summed E-state index contributed by atoms with van der Waals surface area (Å²) in [7, 11) is 0. The van der Waals surface area contributed by atoms with Crippen LogP contribution in [-0.4, -0.2) is 0 Å². The zero-order valence-electron chi connectivity index (χ0n) is 24.4. The Hall–Kier alpha value is -3.52. The number of benzene rings is 4. The van der Waals surface area contributed by atoms with E-state index in [0.717, 1.165) is 23.0 Å². The van der Waals surface area contributed by atoms with Crippen LogP contribution in [0, 0.1) is 0 Å². The molecule has 0 radical (unpaired) electrons. The van der Waals surface area contributed by atoms with Crippen LogP contribution in [0.15, 0.2) is 97.1 Å². The second kappa shape index (κ2) is 13.9. The molecule has 38 heavy (non-hydrogen) atoms. The molecule has 2 nitrogen and oxygen atoms in total. The fourth-order valence-corrected chi connectivity index (χ4v) is 4.20. The smallest absolute Gasteiger partial charge is 0.130 e. The van der Waals surface area contributed by atoms with Gasteiger partial charge >= 0.3 is 0 Å². The molecule has 0 saturated heterocycles. The van der Waals surface area contributed by atoms with E-state index in [4.69, 9.17) is 9.47 Å². The van der Waals surface area contributed by atoms with Gasteiger partial charge in [0.2, 0.25) is 0 Å². The van der Waals surface area contributed by atoms with E-state index in [1.54, 1.807) is 0 Å². The summed E-state index contributed by atoms with van der Waals surface area (Å²) in [4.78, 5) is 0. The van der Waals surface area contributed by atoms with Crippen LogP contribution in [0.2, 0.25) is 0 Å². The third kappa shape index (κ3) is 8.25. The van der Waals surface area contributed by atoms with Gasteiger partial charge in [-0.25, -0.2) is 0 Å². The lowest BCUT2D eigenvalue weighted by Crippen LogP contribution is -1.97. The van der Waals surface area contributed by atoms with Crippen molar-refractivity contribution in [2.24, 2.45) is 0 Å². The molecule has 0 spiro atoms. The second-order valence-corrected chi connectivity index (χ2v) is 11.0. The number of rotatable bonds is 8. The van der Waals surface area contributed by atoms with Gasteiger partial charge in [0, 0.05) is 0 Å². The van der Waals surface area contributed by atoms with Crippen LogP contribution in [0.3, 0.4) is 0 Å². The molecular formula is C36H44O2. The third-order valence-corrected chi connectivity index (χ3v) is 6.63. The molecule has 0 N–H and O–H groups in total. The summed E-state index contributed by atoms with van der Waals surface area (Å²) in [5, 5.41) is 0. The van der Waals surface area contributed by atoms with Crippen LogP contribution in [0.1, 0.15) is 101 Å². The number of ether oxygens (including phenoxy) is 2. The lowest BCUT2D eigenvalue weighted by Gasteiger charge is -2.17. The first kappa shape index (κ1) is 29.0. The largest absolute Gasteiger partial charge is 0.457 e. The van der Waals surface area contributed by atoms with Crippen molar-refractivity contribution in [2.45, 2.75) is 79.1 Å². The molecule has 2 heteroatoms. The van der Waals surface area contributed by atoms with Gasteiger partial charge in [0.15, 0.2) is 0 Å². The van der Waals surface area contributed by atoms with E-state index in [0.29, 0.717) is 23.7 Å². The van der Waals surface area contributed by atoms with Crippen molar-refractivity contribution in [1.82, 2.24) is 0 Å². The van der Waals surface area contributed by atoms with E-state index in [1.165, 1.54) is 22.3 Å². The highest BCUT2D eigenvalue weighted by Gasteiger charge is 2.11. The zero-order valence-corrected chi connectivity index (χ0v) is 24.4. The van der Waals surface area contributed by atoms with Crippen LogP contribution in [0.5, 0.6) is 23.0 Å². The van der Waals surface area contributed by atoms with Crippen molar-refractivity contribution in [1.29, 1.82) is 0 Å². The van der Waals surface area contributed by atoms with E-state index < -0.39 is 0 Å². The molecule has 0 aliphatic rings. The quantitative estimate of drug-likeness (QED) is 0.236. The third-order valence-electron chi connectivity index (χ3n) is 6.63. The van der Waals surface area contributed by atoms with Crippen molar-refractivity contribution >= 4 is 0 Å². The standard InChI is InChI=1S/2C18H22O/c1-13(2)15-5-9-17(10-6-15)19-18-11-7-16(8-12-18)14(3)4;1-13(2)15-9-5-7-11-17(15)19-18-12-8-6-10-16(18)14(3)4/h2*5-14H,1-4H3. The molecule has 0 aliphatic heterocycles. The van der Waals surface area contributed by atoms with Crippen molar-refractivity contribution < 1.29 is 9.47 Å². The van der Waals surface area contributed by atoms with Gasteiger partial charge in [-0.05, 0) is 82.3 Å². The molecule has 0 unspecified atom stereocenters. The van der Waals surface area contributed by atoms with E-state index in [9.17, 15) is 0 Å². The van der Waals surface area contributed by atoms with Crippen molar-refractivity contribution in [2.75, 3.05) is 0 Å². The number of hydrogen-bond acceptors (Lipinski definition) is 2. The minimum atomic E-state index is 0.461. The summed E-state index contributed by atoms with van der Waals surface area (Å²) in [5.74, 6) is 5.74. The predicted molar refractivity (Wildman–Crippen MR) is 162 cm³/mol. The first-order valence-corrected chi connectivity index (χ1v) is 13.9. The average Bonchev–Trinajstić information content (AvgIpc) is 2.90. The summed E-state index contributed by atoms with van der Waals surface area (Å²) in [6, 6.07) is 33.2. The Balaban J connectivity index is 0.000000211. The average molecular weight is 509 g/mol. The summed E-state index contributed by atoms with van der Waals surface area (Å²) in [5.41, 5.74) is 5.17. The van der Waals surface area contributed by atoms with Gasteiger partial charge in [-0.1, -0.05) is 116 Å². The maximum atomic E-state index is 6.16. The Morgan fingerprint density at radius 2 is 0.711 bits per heavy atom. The van der Waals surface area contributed by atoms with E-state index >= 15 is 0 Å². The summed E-state index contributed by atoms with van der Waals surface area (Å²) in [6.07, 6.45) is 0. The van der Waals surface area contributed by atoms with Crippen LogP contribution >= 0.6 is 0 Å². The minimum Gasteiger partial charge on any atom is -0.457 e. The molecular weight excluding hydrogens is 464 g/mol. The summed E-state index contributed by atoms with van der Waals surface area (Å²) < 4.78 is 12.0. The Morgan fingerprint density at radius 1 is 0.368 bits per heavy atom. The molecule has 0 saturated carbocycles. The maximum Gasteiger partial charge on any atom is 0.130 e. The van der Waals surface area contributed by atoms with Crippen molar-refractivity contribution in [3.8, 4) is 23.0 Å². The molecule has 0 aliphatic carbocycles. The Morgan fingerprint density at radius 3 is 1.03 bits per heavy atom. The highest BCUT2D eigenvalue weighted by atomic mass is 16.5. The maximum absolute atomic E-state index is 6.16. The zero-order chi connectivity index (χ0) is 27.7. The van der Waals surface area contributed by atoms with Crippen LogP contribution in [0.4, 0.5) is 0 Å². The summed E-state index contributed by atoms with van der Waals surface area (Å²) in [6.45, 7) is 17.5. The monoisotopic (exact) mass is 508 g/mol. The normalized spacial score (nSPS) is 11.1. The number of para-hydroxylation sites is 2. The highest BCUT2D eigenvalue weighted by Crippen LogP contribution is 2.34. The first-order chi connectivity index (χ1) is 18.2.